The Morgan fingerprint density at radius 3 is 1.91 bits per heavy atom. The van der Waals surface area contributed by atoms with Gasteiger partial charge >= 0.3 is 6.16 Å². The van der Waals surface area contributed by atoms with Gasteiger partial charge in [0.15, 0.2) is 0 Å². The van der Waals surface area contributed by atoms with Crippen molar-refractivity contribution in [3.05, 3.63) is 0 Å². The maximum atomic E-state index is 9.68. The van der Waals surface area contributed by atoms with Crippen molar-refractivity contribution in [2.24, 2.45) is 5.92 Å². The second-order valence-electron chi connectivity index (χ2n) is 2.68. The monoisotopic (exact) mass is 162 g/mol. The van der Waals surface area contributed by atoms with Gasteiger partial charge in [0.25, 0.3) is 0 Å². The summed E-state index contributed by atoms with van der Waals surface area (Å²) in [6.45, 7) is 8.32. The number of hydrogen-bond acceptors (Lipinski definition) is 2. The molecular formula is C8H18O3. The highest BCUT2D eigenvalue weighted by Gasteiger charge is 1.97. The number of carbonyl (C=O) groups is 1. The lowest BCUT2D eigenvalue weighted by molar-refractivity contribution is 0.0814. The van der Waals surface area contributed by atoms with E-state index in [2.05, 4.69) is 18.6 Å². The maximum Gasteiger partial charge on any atom is 0.505 e. The van der Waals surface area contributed by atoms with E-state index in [0.29, 0.717) is 0 Å². The Labute approximate surface area is 68.4 Å². The molecule has 0 aromatic carbocycles. The SMILES string of the molecule is CC(C)COC(=O)O.CCC. The molecule has 0 heterocycles. The first-order chi connectivity index (χ1) is 5.04. The first-order valence-electron chi connectivity index (χ1n) is 3.90. The van der Waals surface area contributed by atoms with Crippen LogP contribution in [0.5, 0.6) is 0 Å². The molecule has 0 bridgehead atoms. The largest absolute Gasteiger partial charge is 0.505 e. The lowest BCUT2D eigenvalue weighted by Gasteiger charge is -2.00. The van der Waals surface area contributed by atoms with Crippen molar-refractivity contribution in [2.45, 2.75) is 34.1 Å². The molecule has 0 aliphatic carbocycles. The van der Waals surface area contributed by atoms with Crippen LogP contribution in [0.15, 0.2) is 0 Å². The zero-order valence-electron chi connectivity index (χ0n) is 7.76. The van der Waals surface area contributed by atoms with Gasteiger partial charge in [-0.3, -0.25) is 0 Å². The van der Waals surface area contributed by atoms with Gasteiger partial charge in [-0.1, -0.05) is 34.1 Å². The molecule has 0 aliphatic heterocycles. The third-order valence-corrected chi connectivity index (χ3v) is 0.540. The normalized spacial score (nSPS) is 8.45. The van der Waals surface area contributed by atoms with Crippen molar-refractivity contribution in [1.29, 1.82) is 0 Å². The average Bonchev–Trinajstić information content (AvgIpc) is 1.85. The third kappa shape index (κ3) is 26.9. The highest BCUT2D eigenvalue weighted by atomic mass is 16.7. The fourth-order valence-corrected chi connectivity index (χ4v) is 0.238. The molecule has 0 unspecified atom stereocenters. The van der Waals surface area contributed by atoms with E-state index in [1.807, 2.05) is 13.8 Å². The molecule has 3 nitrogen and oxygen atoms in total. The summed E-state index contributed by atoms with van der Waals surface area (Å²) in [7, 11) is 0. The fourth-order valence-electron chi connectivity index (χ4n) is 0.238. The quantitative estimate of drug-likeness (QED) is 0.635. The molecule has 1 N–H and O–H groups in total. The van der Waals surface area contributed by atoms with Gasteiger partial charge in [0.2, 0.25) is 0 Å². The van der Waals surface area contributed by atoms with E-state index in [4.69, 9.17) is 5.11 Å². The topological polar surface area (TPSA) is 46.5 Å². The van der Waals surface area contributed by atoms with Crippen molar-refractivity contribution < 1.29 is 14.6 Å². The molecule has 0 rings (SSSR count). The standard InChI is InChI=1S/C5H10O3.C3H8/c1-4(2)3-8-5(6)7;1-3-2/h4H,3H2,1-2H3,(H,6,7);3H2,1-2H3. The first-order valence-corrected chi connectivity index (χ1v) is 3.90. The highest BCUT2D eigenvalue weighted by Crippen LogP contribution is 1.91. The van der Waals surface area contributed by atoms with Gasteiger partial charge in [0, 0.05) is 0 Å². The van der Waals surface area contributed by atoms with E-state index in [0.717, 1.165) is 0 Å². The summed E-state index contributed by atoms with van der Waals surface area (Å²) in [4.78, 5) is 9.68. The molecule has 0 aliphatic rings. The van der Waals surface area contributed by atoms with Crippen LogP contribution in [0.3, 0.4) is 0 Å². The maximum absolute atomic E-state index is 9.68. The second-order valence-corrected chi connectivity index (χ2v) is 2.68. The summed E-state index contributed by atoms with van der Waals surface area (Å²) in [5, 5.41) is 7.94. The van der Waals surface area contributed by atoms with Crippen LogP contribution >= 0.6 is 0 Å². The van der Waals surface area contributed by atoms with Gasteiger partial charge in [-0.2, -0.15) is 0 Å². The van der Waals surface area contributed by atoms with Crippen LogP contribution in [0.25, 0.3) is 0 Å². The summed E-state index contributed by atoms with van der Waals surface area (Å²) < 4.78 is 4.22. The minimum atomic E-state index is -1.20. The minimum absolute atomic E-state index is 0.283. The van der Waals surface area contributed by atoms with Crippen molar-refractivity contribution in [3.8, 4) is 0 Å². The van der Waals surface area contributed by atoms with E-state index in [1.54, 1.807) is 0 Å². The smallest absolute Gasteiger partial charge is 0.450 e. The molecule has 0 saturated carbocycles. The fraction of sp³-hybridized carbons (Fsp3) is 0.875. The third-order valence-electron chi connectivity index (χ3n) is 0.540. The Hall–Kier alpha value is -0.730. The predicted octanol–water partition coefficient (Wildman–Crippen LogP) is 2.75. The van der Waals surface area contributed by atoms with Crippen LogP contribution in [0.1, 0.15) is 34.1 Å². The predicted molar refractivity (Wildman–Crippen MR) is 44.8 cm³/mol. The van der Waals surface area contributed by atoms with Crippen LogP contribution in [0, 0.1) is 5.92 Å². The summed E-state index contributed by atoms with van der Waals surface area (Å²) in [5.74, 6) is 0.283. The Balaban J connectivity index is 0. The molecule has 0 saturated heterocycles. The lowest BCUT2D eigenvalue weighted by Crippen LogP contribution is -2.06. The molecular weight excluding hydrogens is 144 g/mol. The Morgan fingerprint density at radius 1 is 1.45 bits per heavy atom. The van der Waals surface area contributed by atoms with Crippen molar-refractivity contribution in [3.63, 3.8) is 0 Å². The van der Waals surface area contributed by atoms with Crippen LogP contribution in [-0.2, 0) is 4.74 Å². The Bertz CT molecular complexity index is 89.3. The van der Waals surface area contributed by atoms with Gasteiger partial charge in [0.05, 0.1) is 6.61 Å². The molecule has 0 amide bonds. The minimum Gasteiger partial charge on any atom is -0.450 e. The van der Waals surface area contributed by atoms with Gasteiger partial charge in [0.1, 0.15) is 0 Å². The summed E-state index contributed by atoms with van der Waals surface area (Å²) in [6.07, 6.45) is 0.0544. The van der Waals surface area contributed by atoms with E-state index in [1.165, 1.54) is 6.42 Å². The summed E-state index contributed by atoms with van der Waals surface area (Å²) >= 11 is 0. The van der Waals surface area contributed by atoms with Gasteiger partial charge < -0.3 is 9.84 Å². The lowest BCUT2D eigenvalue weighted by atomic mass is 10.2. The molecule has 0 fully saturated rings. The molecule has 0 aromatic rings. The van der Waals surface area contributed by atoms with Gasteiger partial charge in [-0.05, 0) is 5.92 Å². The average molecular weight is 162 g/mol. The van der Waals surface area contributed by atoms with E-state index in [9.17, 15) is 4.79 Å². The Kier molecular flexibility index (Phi) is 10.9. The zero-order chi connectivity index (χ0) is 9.28. The first kappa shape index (κ1) is 12.9. The summed E-state index contributed by atoms with van der Waals surface area (Å²) in [5.41, 5.74) is 0. The van der Waals surface area contributed by atoms with Crippen LogP contribution < -0.4 is 0 Å². The molecule has 0 atom stereocenters. The number of carboxylic acid groups (broad SMARTS) is 1. The van der Waals surface area contributed by atoms with E-state index in [-0.39, 0.29) is 12.5 Å². The van der Waals surface area contributed by atoms with Crippen molar-refractivity contribution >= 4 is 6.16 Å². The number of ether oxygens (including phenoxy) is 1. The number of rotatable bonds is 2. The summed E-state index contributed by atoms with van der Waals surface area (Å²) in [6, 6.07) is 0. The molecule has 0 spiro atoms. The van der Waals surface area contributed by atoms with Gasteiger partial charge in [-0.25, -0.2) is 4.79 Å². The van der Waals surface area contributed by atoms with E-state index < -0.39 is 6.16 Å². The highest BCUT2D eigenvalue weighted by molar-refractivity contribution is 5.56. The van der Waals surface area contributed by atoms with Crippen LogP contribution in [0.4, 0.5) is 4.79 Å². The van der Waals surface area contributed by atoms with Crippen LogP contribution in [0.2, 0.25) is 0 Å². The Morgan fingerprint density at radius 2 is 1.82 bits per heavy atom. The van der Waals surface area contributed by atoms with Gasteiger partial charge in [-0.15, -0.1) is 0 Å². The zero-order valence-corrected chi connectivity index (χ0v) is 7.76. The van der Waals surface area contributed by atoms with E-state index >= 15 is 0 Å². The second kappa shape index (κ2) is 9.27. The number of hydrogen-bond donors (Lipinski definition) is 1. The molecule has 11 heavy (non-hydrogen) atoms. The molecule has 0 aromatic heterocycles. The molecule has 0 radical (unpaired) electrons. The molecule has 3 heteroatoms. The van der Waals surface area contributed by atoms with Crippen LogP contribution in [-0.4, -0.2) is 17.9 Å². The van der Waals surface area contributed by atoms with Crippen molar-refractivity contribution in [2.75, 3.05) is 6.61 Å². The molecule has 68 valence electrons. The van der Waals surface area contributed by atoms with Crippen molar-refractivity contribution in [1.82, 2.24) is 0 Å².